The molecule has 0 aromatic rings. The Labute approximate surface area is 189 Å². The lowest BCUT2D eigenvalue weighted by molar-refractivity contribution is -0.154. The number of hydrogen-bond donors (Lipinski definition) is 1. The standard InChI is InChI=1S/C26H33NO5/c1-14-8-9-24(4)17(10-14)6-7-18-19-11-22-26(27-15(2)32-22,21(30)13-31-16(3)28)25(19,5)12-20(29)23(18)24/h8-10,18-20,22-23,29H,1,6-7,11-13H2,2-5H3/t18-,19-,20-,22+,23+,24-,25-,26+/m0/s1. The van der Waals surface area contributed by atoms with Crippen LogP contribution in [0.25, 0.3) is 0 Å². The summed E-state index contributed by atoms with van der Waals surface area (Å²) in [4.78, 5) is 29.8. The molecular formula is C26H33NO5. The third-order valence-corrected chi connectivity index (χ3v) is 9.26. The van der Waals surface area contributed by atoms with E-state index in [-0.39, 0.29) is 41.7 Å². The first kappa shape index (κ1) is 21.6. The van der Waals surface area contributed by atoms with Crippen LogP contribution in [0.5, 0.6) is 0 Å². The molecule has 0 unspecified atom stereocenters. The molecule has 0 spiro atoms. The van der Waals surface area contributed by atoms with Crippen molar-refractivity contribution in [2.75, 3.05) is 6.61 Å². The summed E-state index contributed by atoms with van der Waals surface area (Å²) in [6, 6.07) is 0. The molecule has 0 aromatic heterocycles. The van der Waals surface area contributed by atoms with Gasteiger partial charge in [0, 0.05) is 30.6 Å². The van der Waals surface area contributed by atoms with Crippen LogP contribution in [0.15, 0.2) is 40.9 Å². The Morgan fingerprint density at radius 1 is 1.38 bits per heavy atom. The van der Waals surface area contributed by atoms with Crippen LogP contribution in [0, 0.1) is 28.6 Å². The molecule has 4 aliphatic carbocycles. The molecule has 5 rings (SSSR count). The van der Waals surface area contributed by atoms with E-state index in [0.717, 1.165) is 24.8 Å². The van der Waals surface area contributed by atoms with Gasteiger partial charge in [0.15, 0.2) is 18.0 Å². The summed E-state index contributed by atoms with van der Waals surface area (Å²) in [7, 11) is 0. The highest BCUT2D eigenvalue weighted by atomic mass is 16.5. The first-order valence-corrected chi connectivity index (χ1v) is 11.7. The number of carbonyl (C=O) groups is 2. The van der Waals surface area contributed by atoms with Crippen molar-refractivity contribution in [2.24, 2.45) is 33.6 Å². The summed E-state index contributed by atoms with van der Waals surface area (Å²) in [5, 5.41) is 11.6. The Bertz CT molecular complexity index is 994. The minimum atomic E-state index is -1.11. The zero-order valence-electron chi connectivity index (χ0n) is 19.4. The fourth-order valence-electron chi connectivity index (χ4n) is 8.04. The van der Waals surface area contributed by atoms with Crippen molar-refractivity contribution in [1.82, 2.24) is 0 Å². The molecule has 32 heavy (non-hydrogen) atoms. The molecule has 0 bridgehead atoms. The average molecular weight is 440 g/mol. The summed E-state index contributed by atoms with van der Waals surface area (Å²) in [6.45, 7) is 11.2. The molecule has 6 nitrogen and oxygen atoms in total. The Balaban J connectivity index is 1.56. The van der Waals surface area contributed by atoms with Crippen molar-refractivity contribution >= 4 is 17.7 Å². The number of carbonyl (C=O) groups excluding carboxylic acids is 2. The Hall–Kier alpha value is -2.21. The maximum atomic E-state index is 13.6. The molecule has 5 aliphatic rings. The quantitative estimate of drug-likeness (QED) is 0.680. The number of nitrogens with zero attached hydrogens (tertiary/aromatic N) is 1. The molecular weight excluding hydrogens is 406 g/mol. The highest BCUT2D eigenvalue weighted by Gasteiger charge is 2.74. The second kappa shape index (κ2) is 6.89. The van der Waals surface area contributed by atoms with Gasteiger partial charge in [-0.15, -0.1) is 0 Å². The summed E-state index contributed by atoms with van der Waals surface area (Å²) < 4.78 is 11.2. The monoisotopic (exact) mass is 439 g/mol. The highest BCUT2D eigenvalue weighted by Crippen LogP contribution is 2.69. The van der Waals surface area contributed by atoms with Crippen LogP contribution >= 0.6 is 0 Å². The second-order valence-corrected chi connectivity index (χ2v) is 10.8. The van der Waals surface area contributed by atoms with E-state index < -0.39 is 23.0 Å². The summed E-state index contributed by atoms with van der Waals surface area (Å²) in [6.07, 6.45) is 8.65. The lowest BCUT2D eigenvalue weighted by atomic mass is 9.46. The molecule has 1 heterocycles. The van der Waals surface area contributed by atoms with Gasteiger partial charge in [0.25, 0.3) is 0 Å². The van der Waals surface area contributed by atoms with Crippen LogP contribution < -0.4 is 0 Å². The van der Waals surface area contributed by atoms with Gasteiger partial charge >= 0.3 is 5.97 Å². The van der Waals surface area contributed by atoms with Crippen molar-refractivity contribution in [3.05, 3.63) is 36.0 Å². The van der Waals surface area contributed by atoms with Crippen LogP contribution in [-0.2, 0) is 19.1 Å². The number of aliphatic imine (C=N–C) groups is 1. The summed E-state index contributed by atoms with van der Waals surface area (Å²) >= 11 is 0. The minimum Gasteiger partial charge on any atom is -0.475 e. The number of hydrogen-bond acceptors (Lipinski definition) is 6. The molecule has 6 heteroatoms. The van der Waals surface area contributed by atoms with E-state index in [1.54, 1.807) is 6.92 Å². The van der Waals surface area contributed by atoms with Gasteiger partial charge in [0.1, 0.15) is 6.10 Å². The third-order valence-electron chi connectivity index (χ3n) is 9.26. The second-order valence-electron chi connectivity index (χ2n) is 10.8. The van der Waals surface area contributed by atoms with Crippen LogP contribution in [0.2, 0.25) is 0 Å². The summed E-state index contributed by atoms with van der Waals surface area (Å²) in [5.41, 5.74) is 0.466. The topological polar surface area (TPSA) is 85.2 Å². The number of allylic oxidation sites excluding steroid dienone is 5. The molecule has 172 valence electrons. The molecule has 0 aromatic carbocycles. The van der Waals surface area contributed by atoms with E-state index in [1.165, 1.54) is 12.5 Å². The number of ketones is 1. The van der Waals surface area contributed by atoms with Gasteiger partial charge in [-0.05, 0) is 43.1 Å². The van der Waals surface area contributed by atoms with Gasteiger partial charge in [0.05, 0.1) is 6.10 Å². The van der Waals surface area contributed by atoms with Crippen molar-refractivity contribution in [3.8, 4) is 0 Å². The maximum absolute atomic E-state index is 13.6. The number of esters is 1. The number of ether oxygens (including phenoxy) is 2. The van der Waals surface area contributed by atoms with Crippen molar-refractivity contribution < 1.29 is 24.2 Å². The van der Waals surface area contributed by atoms with Gasteiger partial charge in [0.2, 0.25) is 5.78 Å². The zero-order valence-corrected chi connectivity index (χ0v) is 19.4. The SMILES string of the molecule is C=C1C=C[C@@]2(C)C(=C1)CC[C@@H]1[C@@H]2[C@@H](O)C[C@@]2(C)[C@H]1C[C@H]1OC(C)=N[C@]12C(=O)COC(C)=O. The fraction of sp³-hybridized carbons (Fsp3) is 0.654. The third kappa shape index (κ3) is 2.65. The van der Waals surface area contributed by atoms with Gasteiger partial charge in [-0.25, -0.2) is 4.99 Å². The van der Waals surface area contributed by atoms with Crippen LogP contribution in [0.3, 0.4) is 0 Å². The smallest absolute Gasteiger partial charge is 0.303 e. The van der Waals surface area contributed by atoms with E-state index in [4.69, 9.17) is 14.5 Å². The van der Waals surface area contributed by atoms with E-state index in [9.17, 15) is 14.7 Å². The molecule has 3 fully saturated rings. The van der Waals surface area contributed by atoms with Gasteiger partial charge in [-0.2, -0.15) is 0 Å². The number of aliphatic hydroxyl groups excluding tert-OH is 1. The van der Waals surface area contributed by atoms with Crippen molar-refractivity contribution in [1.29, 1.82) is 0 Å². The fourth-order valence-corrected chi connectivity index (χ4v) is 8.04. The molecule has 0 saturated heterocycles. The summed E-state index contributed by atoms with van der Waals surface area (Å²) in [5.74, 6) is 0.314. The molecule has 3 saturated carbocycles. The van der Waals surface area contributed by atoms with E-state index in [2.05, 4.69) is 38.7 Å². The van der Waals surface area contributed by atoms with Gasteiger partial charge in [-0.1, -0.05) is 44.2 Å². The lowest BCUT2D eigenvalue weighted by Crippen LogP contribution is -2.62. The van der Waals surface area contributed by atoms with Crippen molar-refractivity contribution in [3.63, 3.8) is 0 Å². The maximum Gasteiger partial charge on any atom is 0.303 e. The van der Waals surface area contributed by atoms with Crippen LogP contribution in [-0.4, -0.2) is 47.1 Å². The normalized spacial score (nSPS) is 46.2. The first-order valence-electron chi connectivity index (χ1n) is 11.7. The average Bonchev–Trinajstić information content (AvgIpc) is 3.17. The van der Waals surface area contributed by atoms with Crippen LogP contribution in [0.1, 0.15) is 53.4 Å². The predicted octanol–water partition coefficient (Wildman–Crippen LogP) is 3.55. The van der Waals surface area contributed by atoms with E-state index in [1.807, 2.05) is 0 Å². The Morgan fingerprint density at radius 3 is 2.84 bits per heavy atom. The van der Waals surface area contributed by atoms with E-state index >= 15 is 0 Å². The molecule has 1 N–H and O–H groups in total. The Morgan fingerprint density at radius 2 is 2.12 bits per heavy atom. The predicted molar refractivity (Wildman–Crippen MR) is 120 cm³/mol. The molecule has 0 amide bonds. The van der Waals surface area contributed by atoms with Crippen molar-refractivity contribution in [2.45, 2.75) is 71.1 Å². The largest absolute Gasteiger partial charge is 0.475 e. The Kier molecular flexibility index (Phi) is 4.66. The minimum absolute atomic E-state index is 0.0782. The first-order chi connectivity index (χ1) is 15.0. The molecule has 0 radical (unpaired) electrons. The van der Waals surface area contributed by atoms with Gasteiger partial charge in [-0.3, -0.25) is 9.59 Å². The van der Waals surface area contributed by atoms with E-state index in [0.29, 0.717) is 12.3 Å². The van der Waals surface area contributed by atoms with Crippen LogP contribution in [0.4, 0.5) is 0 Å². The number of fused-ring (bicyclic) bond motifs is 7. The highest BCUT2D eigenvalue weighted by molar-refractivity contribution is 5.97. The zero-order chi connectivity index (χ0) is 23.1. The van der Waals surface area contributed by atoms with Gasteiger partial charge < -0.3 is 14.6 Å². The lowest BCUT2D eigenvalue weighted by Gasteiger charge is -2.59. The number of rotatable bonds is 3. The number of aliphatic hydroxyl groups is 1. The molecule has 8 atom stereocenters. The molecule has 1 aliphatic heterocycles. The number of Topliss-reactive ketones (excluding diaryl/α,β-unsaturated/α-hetero) is 1.